The van der Waals surface area contributed by atoms with Gasteiger partial charge in [-0.15, -0.1) is 0 Å². The highest BCUT2D eigenvalue weighted by Crippen LogP contribution is 2.39. The van der Waals surface area contributed by atoms with E-state index in [0.717, 1.165) is 35.9 Å². The second kappa shape index (κ2) is 6.35. The standard InChI is InChI=1S/C19H25NO2/c1-19(2)10-9-18(15(11-19)12-21)22-13-16-8-7-14-5-3-4-6-17(14)20-16/h3-8,15,18,21H,9-13H2,1-2H3. The van der Waals surface area contributed by atoms with Gasteiger partial charge < -0.3 is 9.84 Å². The van der Waals surface area contributed by atoms with Crippen molar-refractivity contribution < 1.29 is 9.84 Å². The van der Waals surface area contributed by atoms with E-state index in [1.165, 1.54) is 0 Å². The molecule has 0 saturated heterocycles. The monoisotopic (exact) mass is 299 g/mol. The Kier molecular flexibility index (Phi) is 4.46. The third kappa shape index (κ3) is 3.47. The molecule has 2 atom stereocenters. The first-order valence-electron chi connectivity index (χ1n) is 8.14. The number of hydrogen-bond donors (Lipinski definition) is 1. The summed E-state index contributed by atoms with van der Waals surface area (Å²) < 4.78 is 6.09. The van der Waals surface area contributed by atoms with Gasteiger partial charge in [-0.3, -0.25) is 4.98 Å². The van der Waals surface area contributed by atoms with E-state index in [9.17, 15) is 5.11 Å². The van der Waals surface area contributed by atoms with Crippen molar-refractivity contribution >= 4 is 10.9 Å². The fourth-order valence-electron chi connectivity index (χ4n) is 3.49. The van der Waals surface area contributed by atoms with E-state index in [4.69, 9.17) is 4.74 Å². The zero-order valence-corrected chi connectivity index (χ0v) is 13.5. The average molecular weight is 299 g/mol. The molecule has 2 aromatic rings. The second-order valence-corrected chi connectivity index (χ2v) is 7.19. The lowest BCUT2D eigenvalue weighted by Gasteiger charge is -2.39. The van der Waals surface area contributed by atoms with E-state index >= 15 is 0 Å². The lowest BCUT2D eigenvalue weighted by molar-refractivity contribution is -0.0631. The number of para-hydroxylation sites is 1. The molecule has 0 spiro atoms. The predicted molar refractivity (Wildman–Crippen MR) is 88.5 cm³/mol. The van der Waals surface area contributed by atoms with Crippen LogP contribution < -0.4 is 0 Å². The minimum Gasteiger partial charge on any atom is -0.396 e. The first kappa shape index (κ1) is 15.4. The zero-order chi connectivity index (χ0) is 15.6. The smallest absolute Gasteiger partial charge is 0.0892 e. The molecular weight excluding hydrogens is 274 g/mol. The van der Waals surface area contributed by atoms with Crippen LogP contribution in [-0.4, -0.2) is 22.8 Å². The van der Waals surface area contributed by atoms with Crippen molar-refractivity contribution in [2.75, 3.05) is 6.61 Å². The van der Waals surface area contributed by atoms with Gasteiger partial charge in [-0.05, 0) is 36.8 Å². The number of hydrogen-bond acceptors (Lipinski definition) is 3. The van der Waals surface area contributed by atoms with Crippen LogP contribution in [0.25, 0.3) is 10.9 Å². The van der Waals surface area contributed by atoms with Crippen LogP contribution >= 0.6 is 0 Å². The van der Waals surface area contributed by atoms with E-state index in [1.54, 1.807) is 0 Å². The van der Waals surface area contributed by atoms with Crippen LogP contribution in [0.1, 0.15) is 38.8 Å². The summed E-state index contributed by atoms with van der Waals surface area (Å²) in [7, 11) is 0. The molecule has 3 rings (SSSR count). The number of fused-ring (bicyclic) bond motifs is 1. The molecule has 1 aromatic heterocycles. The molecule has 3 heteroatoms. The van der Waals surface area contributed by atoms with E-state index in [2.05, 4.69) is 31.0 Å². The number of ether oxygens (including phenoxy) is 1. The molecule has 1 N–H and O–H groups in total. The van der Waals surface area contributed by atoms with Crippen LogP contribution in [0, 0.1) is 11.3 Å². The maximum Gasteiger partial charge on any atom is 0.0892 e. The Hall–Kier alpha value is -1.45. The molecular formula is C19H25NO2. The van der Waals surface area contributed by atoms with Gasteiger partial charge in [0, 0.05) is 17.9 Å². The minimum atomic E-state index is 0.145. The molecule has 1 aromatic carbocycles. The highest BCUT2D eigenvalue weighted by Gasteiger charge is 2.35. The largest absolute Gasteiger partial charge is 0.396 e. The van der Waals surface area contributed by atoms with E-state index in [1.807, 2.05) is 24.3 Å². The van der Waals surface area contributed by atoms with Crippen molar-refractivity contribution in [2.24, 2.45) is 11.3 Å². The summed E-state index contributed by atoms with van der Waals surface area (Å²) in [5, 5.41) is 10.8. The Balaban J connectivity index is 1.65. The van der Waals surface area contributed by atoms with Gasteiger partial charge >= 0.3 is 0 Å². The lowest BCUT2D eigenvalue weighted by Crippen LogP contribution is -2.37. The summed E-state index contributed by atoms with van der Waals surface area (Å²) in [6.07, 6.45) is 3.34. The van der Waals surface area contributed by atoms with E-state index in [-0.39, 0.29) is 18.6 Å². The van der Waals surface area contributed by atoms with Gasteiger partial charge in [-0.1, -0.05) is 38.1 Å². The molecule has 3 nitrogen and oxygen atoms in total. The summed E-state index contributed by atoms with van der Waals surface area (Å²) >= 11 is 0. The molecule has 1 saturated carbocycles. The van der Waals surface area contributed by atoms with Gasteiger partial charge in [0.2, 0.25) is 0 Å². The zero-order valence-electron chi connectivity index (χ0n) is 13.5. The minimum absolute atomic E-state index is 0.145. The van der Waals surface area contributed by atoms with Gasteiger partial charge in [0.25, 0.3) is 0 Å². The fourth-order valence-corrected chi connectivity index (χ4v) is 3.49. The molecule has 0 bridgehead atoms. The van der Waals surface area contributed by atoms with Gasteiger partial charge in [-0.25, -0.2) is 0 Å². The number of benzene rings is 1. The average Bonchev–Trinajstić information content (AvgIpc) is 2.53. The third-order valence-corrected chi connectivity index (χ3v) is 4.78. The molecule has 2 unspecified atom stereocenters. The summed E-state index contributed by atoms with van der Waals surface area (Å²) in [6.45, 7) is 5.28. The van der Waals surface area contributed by atoms with Gasteiger partial charge in [-0.2, -0.15) is 0 Å². The number of aliphatic hydroxyl groups is 1. The first-order valence-corrected chi connectivity index (χ1v) is 8.14. The quantitative estimate of drug-likeness (QED) is 0.930. The predicted octanol–water partition coefficient (Wildman–Crippen LogP) is 3.94. The van der Waals surface area contributed by atoms with Gasteiger partial charge in [0.1, 0.15) is 0 Å². The van der Waals surface area contributed by atoms with Crippen LogP contribution in [0.2, 0.25) is 0 Å². The Labute approximate surface area is 132 Å². The Morgan fingerprint density at radius 3 is 2.86 bits per heavy atom. The number of pyridine rings is 1. The van der Waals surface area contributed by atoms with Crippen LogP contribution in [0.5, 0.6) is 0 Å². The van der Waals surface area contributed by atoms with Crippen molar-refractivity contribution in [2.45, 2.75) is 45.8 Å². The molecule has 0 radical (unpaired) electrons. The topological polar surface area (TPSA) is 42.4 Å². The van der Waals surface area contributed by atoms with Crippen molar-refractivity contribution in [1.29, 1.82) is 0 Å². The van der Waals surface area contributed by atoms with Crippen LogP contribution in [0.3, 0.4) is 0 Å². The number of aliphatic hydroxyl groups excluding tert-OH is 1. The maximum atomic E-state index is 9.64. The summed E-state index contributed by atoms with van der Waals surface area (Å²) in [5.41, 5.74) is 2.28. The normalized spacial score (nSPS) is 24.5. The van der Waals surface area contributed by atoms with E-state index in [0.29, 0.717) is 12.0 Å². The first-order chi connectivity index (χ1) is 10.6. The molecule has 0 amide bonds. The highest BCUT2D eigenvalue weighted by atomic mass is 16.5. The lowest BCUT2D eigenvalue weighted by atomic mass is 9.71. The highest BCUT2D eigenvalue weighted by molar-refractivity contribution is 5.78. The molecule has 118 valence electrons. The SMILES string of the molecule is CC1(C)CCC(OCc2ccc3ccccc3n2)C(CO)C1. The van der Waals surface area contributed by atoms with Gasteiger partial charge in [0.15, 0.2) is 0 Å². The third-order valence-electron chi connectivity index (χ3n) is 4.78. The summed E-state index contributed by atoms with van der Waals surface area (Å²) in [6, 6.07) is 12.2. The second-order valence-electron chi connectivity index (χ2n) is 7.19. The Morgan fingerprint density at radius 1 is 1.23 bits per heavy atom. The van der Waals surface area contributed by atoms with Crippen molar-refractivity contribution in [1.82, 2.24) is 4.98 Å². The summed E-state index contributed by atoms with van der Waals surface area (Å²) in [4.78, 5) is 4.65. The van der Waals surface area contributed by atoms with E-state index < -0.39 is 0 Å². The van der Waals surface area contributed by atoms with Crippen LogP contribution in [0.15, 0.2) is 36.4 Å². The number of rotatable bonds is 4. The fraction of sp³-hybridized carbons (Fsp3) is 0.526. The van der Waals surface area contributed by atoms with Crippen molar-refractivity contribution in [3.8, 4) is 0 Å². The number of nitrogens with zero attached hydrogens (tertiary/aromatic N) is 1. The Morgan fingerprint density at radius 2 is 2.05 bits per heavy atom. The van der Waals surface area contributed by atoms with Crippen molar-refractivity contribution in [3.05, 3.63) is 42.1 Å². The molecule has 1 fully saturated rings. The molecule has 1 aliphatic rings. The molecule has 22 heavy (non-hydrogen) atoms. The molecule has 1 heterocycles. The van der Waals surface area contributed by atoms with Crippen LogP contribution in [0.4, 0.5) is 0 Å². The maximum absolute atomic E-state index is 9.64. The molecule has 0 aliphatic heterocycles. The molecule has 1 aliphatic carbocycles. The van der Waals surface area contributed by atoms with Gasteiger partial charge in [0.05, 0.1) is 23.9 Å². The van der Waals surface area contributed by atoms with Crippen LogP contribution in [-0.2, 0) is 11.3 Å². The van der Waals surface area contributed by atoms with Crippen molar-refractivity contribution in [3.63, 3.8) is 0 Å². The summed E-state index contributed by atoms with van der Waals surface area (Å²) in [5.74, 6) is 0.240. The number of aromatic nitrogens is 1. The Bertz CT molecular complexity index is 638.